The highest BCUT2D eigenvalue weighted by atomic mass is 127. The molecule has 0 spiro atoms. The normalized spacial score (nSPS) is 17.1. The predicted octanol–water partition coefficient (Wildman–Crippen LogP) is 1.81. The summed E-state index contributed by atoms with van der Waals surface area (Å²) in [6, 6.07) is 4.89. The highest BCUT2D eigenvalue weighted by Crippen LogP contribution is 2.23. The number of nitrogens with zero attached hydrogens (tertiary/aromatic N) is 1. The molecule has 7 heteroatoms. The fraction of sp³-hybridized carbons (Fsp3) is 0.0714. The van der Waals surface area contributed by atoms with E-state index in [9.17, 15) is 14.7 Å². The third kappa shape index (κ3) is 3.30. The fourth-order valence-corrected chi connectivity index (χ4v) is 2.36. The maximum absolute atomic E-state index is 12.3. The molecule has 2 N–H and O–H groups in total. The molecule has 1 aliphatic heterocycles. The van der Waals surface area contributed by atoms with E-state index in [0.29, 0.717) is 9.13 Å². The molecule has 2 rings (SSSR count). The van der Waals surface area contributed by atoms with Crippen molar-refractivity contribution in [3.05, 3.63) is 45.6 Å². The van der Waals surface area contributed by atoms with Crippen LogP contribution in [0.4, 0.5) is 0 Å². The Hall–Kier alpha value is -1.74. The Morgan fingerprint density at radius 1 is 1.43 bits per heavy atom. The van der Waals surface area contributed by atoms with Crippen LogP contribution in [0, 0.1) is 3.57 Å². The number of phenols is 1. The minimum absolute atomic E-state index is 0.0361. The summed E-state index contributed by atoms with van der Waals surface area (Å²) in [4.78, 5) is 25.5. The molecule has 1 aromatic rings. The van der Waals surface area contributed by atoms with Gasteiger partial charge in [-0.2, -0.15) is 0 Å². The van der Waals surface area contributed by atoms with E-state index >= 15 is 0 Å². The van der Waals surface area contributed by atoms with E-state index in [-0.39, 0.29) is 23.0 Å². The summed E-state index contributed by atoms with van der Waals surface area (Å²) in [6.07, 6.45) is 2.95. The number of thiocarbonyl (C=S) groups is 1. The van der Waals surface area contributed by atoms with Crippen LogP contribution in [0.1, 0.15) is 5.56 Å². The van der Waals surface area contributed by atoms with Crippen LogP contribution in [0.15, 0.2) is 36.4 Å². The van der Waals surface area contributed by atoms with E-state index < -0.39 is 11.8 Å². The zero-order valence-corrected chi connectivity index (χ0v) is 13.8. The maximum Gasteiger partial charge on any atom is 0.265 e. The van der Waals surface area contributed by atoms with E-state index in [1.54, 1.807) is 12.1 Å². The molecule has 1 heterocycles. The third-order valence-corrected chi connectivity index (χ3v) is 4.01. The largest absolute Gasteiger partial charge is 0.507 e. The van der Waals surface area contributed by atoms with Gasteiger partial charge >= 0.3 is 0 Å². The van der Waals surface area contributed by atoms with Gasteiger partial charge in [0.05, 0.1) is 3.57 Å². The van der Waals surface area contributed by atoms with Crippen LogP contribution in [-0.4, -0.2) is 33.5 Å². The molecular formula is C14H11IN2O3S. The molecule has 1 fully saturated rings. The van der Waals surface area contributed by atoms with E-state index in [4.69, 9.17) is 12.2 Å². The van der Waals surface area contributed by atoms with Crippen molar-refractivity contribution < 1.29 is 14.7 Å². The second-order valence-corrected chi connectivity index (χ2v) is 5.78. The maximum atomic E-state index is 12.3. The molecule has 0 bridgehead atoms. The lowest BCUT2D eigenvalue weighted by molar-refractivity contribution is -0.128. The van der Waals surface area contributed by atoms with E-state index in [2.05, 4.69) is 11.9 Å². The molecular weight excluding hydrogens is 403 g/mol. The summed E-state index contributed by atoms with van der Waals surface area (Å²) in [5, 5.41) is 12.2. The standard InChI is InChI=1S/C14H11IN2O3S/c1-2-5-17-13(20)9(12(19)16-14(17)21)6-8-3-4-10(15)11(18)7-8/h2-4,6-7,18H,1,5H2,(H,16,19,21)/b9-6+. The number of amides is 2. The van der Waals surface area contributed by atoms with Gasteiger partial charge in [0.15, 0.2) is 5.11 Å². The van der Waals surface area contributed by atoms with Gasteiger partial charge in [0.25, 0.3) is 11.8 Å². The van der Waals surface area contributed by atoms with Crippen molar-refractivity contribution in [1.82, 2.24) is 10.2 Å². The Kier molecular flexibility index (Phi) is 4.73. The number of hydrogen-bond donors (Lipinski definition) is 2. The first-order valence-electron chi connectivity index (χ1n) is 5.92. The quantitative estimate of drug-likeness (QED) is 0.260. The van der Waals surface area contributed by atoms with Crippen LogP contribution < -0.4 is 5.32 Å². The molecule has 0 unspecified atom stereocenters. The van der Waals surface area contributed by atoms with Gasteiger partial charge in [0, 0.05) is 6.54 Å². The number of nitrogens with one attached hydrogen (secondary N) is 1. The molecule has 1 aliphatic rings. The lowest BCUT2D eigenvalue weighted by atomic mass is 10.1. The number of aromatic hydroxyl groups is 1. The van der Waals surface area contributed by atoms with E-state index in [1.807, 2.05) is 22.6 Å². The number of rotatable bonds is 3. The average Bonchev–Trinajstić information content (AvgIpc) is 2.43. The van der Waals surface area contributed by atoms with Crippen molar-refractivity contribution in [3.8, 4) is 5.75 Å². The predicted molar refractivity (Wildman–Crippen MR) is 91.5 cm³/mol. The highest BCUT2D eigenvalue weighted by Gasteiger charge is 2.32. The Bertz CT molecular complexity index is 685. The summed E-state index contributed by atoms with van der Waals surface area (Å²) in [7, 11) is 0. The van der Waals surface area contributed by atoms with Gasteiger partial charge in [0.1, 0.15) is 11.3 Å². The number of benzene rings is 1. The summed E-state index contributed by atoms with van der Waals surface area (Å²) in [5.41, 5.74) is 0.517. The third-order valence-electron chi connectivity index (χ3n) is 2.78. The molecule has 21 heavy (non-hydrogen) atoms. The topological polar surface area (TPSA) is 69.6 Å². The van der Waals surface area contributed by atoms with Crippen molar-refractivity contribution in [2.75, 3.05) is 6.54 Å². The smallest absolute Gasteiger partial charge is 0.265 e. The Morgan fingerprint density at radius 3 is 2.76 bits per heavy atom. The molecule has 0 aliphatic carbocycles. The van der Waals surface area contributed by atoms with Gasteiger partial charge in [-0.25, -0.2) is 0 Å². The second kappa shape index (κ2) is 6.35. The van der Waals surface area contributed by atoms with Crippen LogP contribution in [0.25, 0.3) is 6.08 Å². The van der Waals surface area contributed by atoms with Crippen LogP contribution >= 0.6 is 34.8 Å². The molecule has 0 saturated carbocycles. The molecule has 1 saturated heterocycles. The zero-order chi connectivity index (χ0) is 15.6. The van der Waals surface area contributed by atoms with Crippen LogP contribution in [-0.2, 0) is 9.59 Å². The second-order valence-electron chi connectivity index (χ2n) is 4.23. The van der Waals surface area contributed by atoms with Crippen molar-refractivity contribution in [2.45, 2.75) is 0 Å². The highest BCUT2D eigenvalue weighted by molar-refractivity contribution is 14.1. The van der Waals surface area contributed by atoms with Crippen LogP contribution in [0.2, 0.25) is 0 Å². The molecule has 5 nitrogen and oxygen atoms in total. The zero-order valence-electron chi connectivity index (χ0n) is 10.8. The number of carbonyl (C=O) groups excluding carboxylic acids is 2. The molecule has 1 aromatic carbocycles. The van der Waals surface area contributed by atoms with Crippen molar-refractivity contribution in [3.63, 3.8) is 0 Å². The lowest BCUT2D eigenvalue weighted by Crippen LogP contribution is -2.53. The molecule has 0 radical (unpaired) electrons. The monoisotopic (exact) mass is 414 g/mol. The minimum Gasteiger partial charge on any atom is -0.507 e. The summed E-state index contributed by atoms with van der Waals surface area (Å²) >= 11 is 6.94. The fourth-order valence-electron chi connectivity index (χ4n) is 1.78. The lowest BCUT2D eigenvalue weighted by Gasteiger charge is -2.27. The van der Waals surface area contributed by atoms with Gasteiger partial charge < -0.3 is 5.11 Å². The number of hydrogen-bond acceptors (Lipinski definition) is 4. The van der Waals surface area contributed by atoms with Crippen LogP contribution in [0.5, 0.6) is 5.75 Å². The van der Waals surface area contributed by atoms with E-state index in [1.165, 1.54) is 23.1 Å². The van der Waals surface area contributed by atoms with Gasteiger partial charge in [-0.05, 0) is 58.6 Å². The van der Waals surface area contributed by atoms with Crippen molar-refractivity contribution >= 4 is 57.8 Å². The summed E-state index contributed by atoms with van der Waals surface area (Å²) in [6.45, 7) is 3.77. The van der Waals surface area contributed by atoms with Gasteiger partial charge in [-0.15, -0.1) is 6.58 Å². The van der Waals surface area contributed by atoms with Gasteiger partial charge in [-0.3, -0.25) is 19.8 Å². The Labute approximate surface area is 140 Å². The summed E-state index contributed by atoms with van der Waals surface area (Å²) < 4.78 is 0.684. The first-order valence-corrected chi connectivity index (χ1v) is 7.41. The molecule has 0 aromatic heterocycles. The number of halogens is 1. The SMILES string of the molecule is C=CCN1C(=O)/C(=C/c2ccc(I)c(O)c2)C(=O)NC1=S. The summed E-state index contributed by atoms with van der Waals surface area (Å²) in [5.74, 6) is -0.947. The van der Waals surface area contributed by atoms with Gasteiger partial charge in [-0.1, -0.05) is 12.1 Å². The molecule has 0 atom stereocenters. The van der Waals surface area contributed by atoms with Crippen molar-refractivity contribution in [2.24, 2.45) is 0 Å². The first kappa shape index (κ1) is 15.6. The Morgan fingerprint density at radius 2 is 2.14 bits per heavy atom. The Balaban J connectivity index is 2.40. The van der Waals surface area contributed by atoms with Gasteiger partial charge in [0.2, 0.25) is 0 Å². The molecule has 108 valence electrons. The molecule has 2 amide bonds. The first-order chi connectivity index (χ1) is 9.93. The average molecular weight is 414 g/mol. The number of phenolic OH excluding ortho intramolecular Hbond substituents is 1. The van der Waals surface area contributed by atoms with Crippen LogP contribution in [0.3, 0.4) is 0 Å². The minimum atomic E-state index is -0.552. The van der Waals surface area contributed by atoms with Crippen molar-refractivity contribution in [1.29, 1.82) is 0 Å². The van der Waals surface area contributed by atoms with E-state index in [0.717, 1.165) is 0 Å². The number of carbonyl (C=O) groups is 2.